The summed E-state index contributed by atoms with van der Waals surface area (Å²) < 4.78 is 0. The van der Waals surface area contributed by atoms with E-state index in [0.29, 0.717) is 12.2 Å². The molecule has 0 aromatic heterocycles. The molecule has 1 aliphatic rings. The molecule has 0 radical (unpaired) electrons. The van der Waals surface area contributed by atoms with Crippen LogP contribution in [0, 0.1) is 6.92 Å². The lowest BCUT2D eigenvalue weighted by Gasteiger charge is -2.19. The average Bonchev–Trinajstić information content (AvgIpc) is 2.23. The van der Waals surface area contributed by atoms with Crippen molar-refractivity contribution < 1.29 is 4.79 Å². The summed E-state index contributed by atoms with van der Waals surface area (Å²) in [7, 11) is 0. The molecule has 78 valence electrons. The smallest absolute Gasteiger partial charge is 0.163 e. The number of rotatable bonds is 2. The number of ketones is 1. The van der Waals surface area contributed by atoms with Crippen LogP contribution in [0.3, 0.4) is 0 Å². The summed E-state index contributed by atoms with van der Waals surface area (Å²) >= 11 is 0. The maximum atomic E-state index is 11.7. The number of allylic oxidation sites excluding steroid dienone is 1. The Hall–Kier alpha value is -1.37. The second-order valence-corrected chi connectivity index (χ2v) is 4.16. The standard InChI is InChI=1S/C14H16O/c1-3-5-11-10(2)8-9-13-12(11)6-4-7-14(13)15/h3,8-9H,1,4-7H2,2H3. The van der Waals surface area contributed by atoms with E-state index >= 15 is 0 Å². The summed E-state index contributed by atoms with van der Waals surface area (Å²) in [5.41, 5.74) is 4.81. The third-order valence-corrected chi connectivity index (χ3v) is 3.14. The number of hydrogen-bond acceptors (Lipinski definition) is 1. The molecule has 1 aromatic carbocycles. The van der Waals surface area contributed by atoms with Gasteiger partial charge in [0.15, 0.2) is 5.78 Å². The van der Waals surface area contributed by atoms with Crippen LogP contribution >= 0.6 is 0 Å². The molecule has 1 nitrogen and oxygen atoms in total. The molecule has 1 aliphatic carbocycles. The molecule has 2 rings (SSSR count). The molecule has 0 bridgehead atoms. The lowest BCUT2D eigenvalue weighted by molar-refractivity contribution is 0.0972. The van der Waals surface area contributed by atoms with Gasteiger partial charge in [-0.25, -0.2) is 0 Å². The number of carbonyl (C=O) groups is 1. The first-order chi connectivity index (χ1) is 7.24. The fourth-order valence-corrected chi connectivity index (χ4v) is 2.35. The molecule has 0 aliphatic heterocycles. The van der Waals surface area contributed by atoms with Crippen molar-refractivity contribution in [3.63, 3.8) is 0 Å². The molecule has 0 amide bonds. The molecule has 0 N–H and O–H groups in total. The van der Waals surface area contributed by atoms with Crippen LogP contribution in [0.2, 0.25) is 0 Å². The average molecular weight is 200 g/mol. The van der Waals surface area contributed by atoms with E-state index in [4.69, 9.17) is 0 Å². The molecule has 1 aromatic rings. The Bertz CT molecular complexity index is 416. The summed E-state index contributed by atoms with van der Waals surface area (Å²) in [6, 6.07) is 4.04. The van der Waals surface area contributed by atoms with E-state index in [1.807, 2.05) is 12.1 Å². The first-order valence-electron chi connectivity index (χ1n) is 5.49. The van der Waals surface area contributed by atoms with Gasteiger partial charge in [0, 0.05) is 12.0 Å². The molecular weight excluding hydrogens is 184 g/mol. The van der Waals surface area contributed by atoms with Crippen molar-refractivity contribution >= 4 is 5.78 Å². The zero-order valence-corrected chi connectivity index (χ0v) is 9.18. The van der Waals surface area contributed by atoms with Crippen molar-refractivity contribution in [1.82, 2.24) is 0 Å². The summed E-state index contributed by atoms with van der Waals surface area (Å²) in [5, 5.41) is 0. The van der Waals surface area contributed by atoms with Gasteiger partial charge >= 0.3 is 0 Å². The van der Waals surface area contributed by atoms with Gasteiger partial charge < -0.3 is 0 Å². The topological polar surface area (TPSA) is 17.1 Å². The first-order valence-corrected chi connectivity index (χ1v) is 5.49. The van der Waals surface area contributed by atoms with Crippen LogP contribution in [-0.4, -0.2) is 5.78 Å². The van der Waals surface area contributed by atoms with E-state index in [2.05, 4.69) is 19.6 Å². The largest absolute Gasteiger partial charge is 0.294 e. The highest BCUT2D eigenvalue weighted by Crippen LogP contribution is 2.27. The van der Waals surface area contributed by atoms with Gasteiger partial charge in [0.25, 0.3) is 0 Å². The van der Waals surface area contributed by atoms with Crippen LogP contribution in [0.1, 0.15) is 39.9 Å². The number of benzene rings is 1. The Morgan fingerprint density at radius 1 is 1.40 bits per heavy atom. The van der Waals surface area contributed by atoms with Crippen molar-refractivity contribution in [2.24, 2.45) is 0 Å². The zero-order chi connectivity index (χ0) is 10.8. The minimum Gasteiger partial charge on any atom is -0.294 e. The highest BCUT2D eigenvalue weighted by Gasteiger charge is 2.19. The number of carbonyl (C=O) groups excluding carboxylic acids is 1. The Balaban J connectivity index is 2.57. The third-order valence-electron chi connectivity index (χ3n) is 3.14. The zero-order valence-electron chi connectivity index (χ0n) is 9.18. The summed E-state index contributed by atoms with van der Waals surface area (Å²) in [6.45, 7) is 5.89. The summed E-state index contributed by atoms with van der Waals surface area (Å²) in [6.07, 6.45) is 5.55. The highest BCUT2D eigenvalue weighted by molar-refractivity contribution is 5.98. The second-order valence-electron chi connectivity index (χ2n) is 4.16. The fraction of sp³-hybridized carbons (Fsp3) is 0.357. The van der Waals surface area contributed by atoms with Gasteiger partial charge in [0.1, 0.15) is 0 Å². The Morgan fingerprint density at radius 2 is 2.20 bits per heavy atom. The van der Waals surface area contributed by atoms with Crippen molar-refractivity contribution in [2.45, 2.75) is 32.6 Å². The molecule has 0 unspecified atom stereocenters. The summed E-state index contributed by atoms with van der Waals surface area (Å²) in [4.78, 5) is 11.7. The fourth-order valence-electron chi connectivity index (χ4n) is 2.35. The maximum Gasteiger partial charge on any atom is 0.163 e. The number of aryl methyl sites for hydroxylation is 1. The molecule has 0 heterocycles. The van der Waals surface area contributed by atoms with Crippen LogP contribution in [0.5, 0.6) is 0 Å². The maximum absolute atomic E-state index is 11.7. The van der Waals surface area contributed by atoms with E-state index in [9.17, 15) is 4.79 Å². The molecule has 15 heavy (non-hydrogen) atoms. The van der Waals surface area contributed by atoms with Gasteiger partial charge in [0.05, 0.1) is 0 Å². The van der Waals surface area contributed by atoms with Crippen LogP contribution in [0.4, 0.5) is 0 Å². The van der Waals surface area contributed by atoms with Crippen molar-refractivity contribution in [1.29, 1.82) is 0 Å². The van der Waals surface area contributed by atoms with E-state index < -0.39 is 0 Å². The molecular formula is C14H16O. The Labute approximate surface area is 90.8 Å². The van der Waals surface area contributed by atoms with E-state index in [-0.39, 0.29) is 0 Å². The normalized spacial score (nSPS) is 14.9. The number of fused-ring (bicyclic) bond motifs is 1. The van der Waals surface area contributed by atoms with Gasteiger partial charge in [-0.1, -0.05) is 18.2 Å². The first kappa shape index (κ1) is 10.2. The minimum atomic E-state index is 0.307. The lowest BCUT2D eigenvalue weighted by Crippen LogP contribution is -2.13. The number of hydrogen-bond donors (Lipinski definition) is 0. The van der Waals surface area contributed by atoms with Crippen LogP contribution in [-0.2, 0) is 12.8 Å². The van der Waals surface area contributed by atoms with Gasteiger partial charge in [-0.2, -0.15) is 0 Å². The van der Waals surface area contributed by atoms with Gasteiger partial charge in [0.2, 0.25) is 0 Å². The summed E-state index contributed by atoms with van der Waals surface area (Å²) in [5.74, 6) is 0.307. The van der Waals surface area contributed by atoms with Gasteiger partial charge in [-0.15, -0.1) is 6.58 Å². The molecule has 0 saturated carbocycles. The Kier molecular flexibility index (Phi) is 2.72. The molecule has 1 heteroatoms. The Morgan fingerprint density at radius 3 is 2.93 bits per heavy atom. The quantitative estimate of drug-likeness (QED) is 0.670. The predicted octanol–water partition coefficient (Wildman–Crippen LogP) is 3.24. The van der Waals surface area contributed by atoms with Crippen molar-refractivity contribution in [3.8, 4) is 0 Å². The molecule has 0 spiro atoms. The van der Waals surface area contributed by atoms with Crippen molar-refractivity contribution in [2.75, 3.05) is 0 Å². The molecule has 0 atom stereocenters. The number of Topliss-reactive ketones (excluding diaryl/α,β-unsaturated/α-hetero) is 1. The second kappa shape index (κ2) is 4.01. The monoisotopic (exact) mass is 200 g/mol. The highest BCUT2D eigenvalue weighted by atomic mass is 16.1. The van der Waals surface area contributed by atoms with E-state index in [1.54, 1.807) is 0 Å². The van der Waals surface area contributed by atoms with Crippen LogP contribution in [0.25, 0.3) is 0 Å². The SMILES string of the molecule is C=CCc1c(C)ccc2c1CCCC2=O. The van der Waals surface area contributed by atoms with E-state index in [0.717, 1.165) is 24.8 Å². The van der Waals surface area contributed by atoms with E-state index in [1.165, 1.54) is 16.7 Å². The predicted molar refractivity (Wildman–Crippen MR) is 62.3 cm³/mol. The molecule has 0 fully saturated rings. The lowest BCUT2D eigenvalue weighted by atomic mass is 9.84. The third kappa shape index (κ3) is 1.74. The van der Waals surface area contributed by atoms with Gasteiger partial charge in [-0.05, 0) is 42.9 Å². The van der Waals surface area contributed by atoms with Gasteiger partial charge in [-0.3, -0.25) is 4.79 Å². The molecule has 0 saturated heterocycles. The van der Waals surface area contributed by atoms with Crippen molar-refractivity contribution in [3.05, 3.63) is 47.0 Å². The van der Waals surface area contributed by atoms with Crippen LogP contribution in [0.15, 0.2) is 24.8 Å². The van der Waals surface area contributed by atoms with Crippen LogP contribution < -0.4 is 0 Å². The minimum absolute atomic E-state index is 0.307.